The number of sulfonamides is 1. The van der Waals surface area contributed by atoms with Crippen molar-refractivity contribution in [1.29, 1.82) is 5.26 Å². The molecule has 1 atom stereocenters. The molecule has 0 aromatic heterocycles. The van der Waals surface area contributed by atoms with Gasteiger partial charge in [-0.1, -0.05) is 11.6 Å². The smallest absolute Gasteiger partial charge is 0.244 e. The van der Waals surface area contributed by atoms with Crippen LogP contribution >= 0.6 is 24.0 Å². The van der Waals surface area contributed by atoms with Gasteiger partial charge in [-0.05, 0) is 25.1 Å². The van der Waals surface area contributed by atoms with E-state index in [-0.39, 0.29) is 28.4 Å². The van der Waals surface area contributed by atoms with E-state index in [0.29, 0.717) is 25.2 Å². The van der Waals surface area contributed by atoms with E-state index >= 15 is 0 Å². The van der Waals surface area contributed by atoms with Crippen LogP contribution in [0.15, 0.2) is 23.1 Å². The van der Waals surface area contributed by atoms with Crippen LogP contribution in [0.3, 0.4) is 0 Å². The monoisotopic (exact) mass is 335 g/mol. The van der Waals surface area contributed by atoms with Crippen molar-refractivity contribution in [3.63, 3.8) is 0 Å². The topological polar surface area (TPSA) is 73.2 Å². The first-order valence-electron chi connectivity index (χ1n) is 5.88. The largest absolute Gasteiger partial charge is 0.312 e. The molecule has 1 aromatic rings. The Labute approximate surface area is 130 Å². The molecule has 0 amide bonds. The van der Waals surface area contributed by atoms with Crippen LogP contribution in [0.25, 0.3) is 0 Å². The molecule has 1 aliphatic heterocycles. The zero-order chi connectivity index (χ0) is 14.0. The van der Waals surface area contributed by atoms with Gasteiger partial charge in [0.05, 0.1) is 16.7 Å². The number of hydrogen-bond acceptors (Lipinski definition) is 4. The number of hydrogen-bond donors (Lipinski definition) is 1. The molecule has 1 fully saturated rings. The lowest BCUT2D eigenvalue weighted by Crippen LogP contribution is -2.51. The van der Waals surface area contributed by atoms with Crippen molar-refractivity contribution in [3.8, 4) is 6.07 Å². The predicted octanol–water partition coefficient (Wildman–Crippen LogP) is 1.62. The summed E-state index contributed by atoms with van der Waals surface area (Å²) in [6.45, 7) is 3.39. The molecule has 0 spiro atoms. The number of rotatable bonds is 2. The number of nitrogens with one attached hydrogen (secondary N) is 1. The second kappa shape index (κ2) is 6.74. The van der Waals surface area contributed by atoms with Crippen molar-refractivity contribution in [3.05, 3.63) is 28.8 Å². The van der Waals surface area contributed by atoms with Crippen LogP contribution in [-0.4, -0.2) is 38.4 Å². The highest BCUT2D eigenvalue weighted by atomic mass is 35.5. The molecule has 0 aliphatic carbocycles. The Balaban J connectivity index is 0.00000200. The summed E-state index contributed by atoms with van der Waals surface area (Å²) in [6, 6.07) is 6.27. The summed E-state index contributed by atoms with van der Waals surface area (Å²) in [5.41, 5.74) is 0.345. The summed E-state index contributed by atoms with van der Waals surface area (Å²) in [5.74, 6) is 0. The molecule has 1 aromatic carbocycles. The van der Waals surface area contributed by atoms with Gasteiger partial charge >= 0.3 is 0 Å². The van der Waals surface area contributed by atoms with E-state index in [1.807, 2.05) is 13.0 Å². The summed E-state index contributed by atoms with van der Waals surface area (Å²) in [7, 11) is -3.60. The zero-order valence-electron chi connectivity index (χ0n) is 10.8. The number of nitriles is 1. The highest BCUT2D eigenvalue weighted by Gasteiger charge is 2.30. The van der Waals surface area contributed by atoms with Gasteiger partial charge in [0.15, 0.2) is 0 Å². The Morgan fingerprint density at radius 3 is 2.75 bits per heavy atom. The van der Waals surface area contributed by atoms with Crippen LogP contribution in [0.1, 0.15) is 12.5 Å². The van der Waals surface area contributed by atoms with Crippen LogP contribution in [0.4, 0.5) is 0 Å². The van der Waals surface area contributed by atoms with E-state index in [4.69, 9.17) is 16.9 Å². The number of benzene rings is 1. The van der Waals surface area contributed by atoms with Gasteiger partial charge < -0.3 is 5.32 Å². The molecule has 1 heterocycles. The van der Waals surface area contributed by atoms with Gasteiger partial charge in [0.1, 0.15) is 4.90 Å². The zero-order valence-corrected chi connectivity index (χ0v) is 13.2. The van der Waals surface area contributed by atoms with Crippen LogP contribution in [-0.2, 0) is 10.0 Å². The number of halogens is 2. The lowest BCUT2D eigenvalue weighted by Gasteiger charge is -2.31. The quantitative estimate of drug-likeness (QED) is 0.891. The Bertz CT molecular complexity index is 628. The normalized spacial score (nSPS) is 19.9. The van der Waals surface area contributed by atoms with Crippen molar-refractivity contribution < 1.29 is 8.42 Å². The van der Waals surface area contributed by atoms with E-state index in [9.17, 15) is 8.42 Å². The SMILES string of the molecule is CC1CN(S(=O)(=O)c2ccc(C#N)cc2Cl)CCN1.Cl. The second-order valence-electron chi connectivity index (χ2n) is 4.48. The van der Waals surface area contributed by atoms with Gasteiger partial charge in [-0.3, -0.25) is 0 Å². The minimum Gasteiger partial charge on any atom is -0.312 e. The summed E-state index contributed by atoms with van der Waals surface area (Å²) in [4.78, 5) is 0.0577. The molecule has 8 heteroatoms. The first-order valence-corrected chi connectivity index (χ1v) is 7.70. The van der Waals surface area contributed by atoms with Gasteiger partial charge in [-0.2, -0.15) is 9.57 Å². The Kier molecular flexibility index (Phi) is 5.80. The maximum Gasteiger partial charge on any atom is 0.244 e. The van der Waals surface area contributed by atoms with Crippen molar-refractivity contribution >= 4 is 34.0 Å². The molecule has 2 rings (SSSR count). The highest BCUT2D eigenvalue weighted by molar-refractivity contribution is 7.89. The minimum atomic E-state index is -3.60. The van der Waals surface area contributed by atoms with E-state index < -0.39 is 10.0 Å². The lowest BCUT2D eigenvalue weighted by molar-refractivity contribution is 0.310. The summed E-state index contributed by atoms with van der Waals surface area (Å²) < 4.78 is 26.4. The lowest BCUT2D eigenvalue weighted by atomic mass is 10.2. The third kappa shape index (κ3) is 3.43. The van der Waals surface area contributed by atoms with Gasteiger partial charge in [-0.15, -0.1) is 12.4 Å². The standard InChI is InChI=1S/C12H14ClN3O2S.ClH/c1-9-8-16(5-4-15-9)19(17,18)12-3-2-10(7-14)6-11(12)13;/h2-3,6,9,15H,4-5,8H2,1H3;1H. The first-order chi connectivity index (χ1) is 8.95. The molecular formula is C12H15Cl2N3O2S. The fourth-order valence-corrected chi connectivity index (χ4v) is 4.08. The van der Waals surface area contributed by atoms with Gasteiger partial charge in [0.2, 0.25) is 10.0 Å². The Morgan fingerprint density at radius 1 is 1.50 bits per heavy atom. The summed E-state index contributed by atoms with van der Waals surface area (Å²) >= 11 is 5.98. The van der Waals surface area contributed by atoms with Crippen molar-refractivity contribution in [2.24, 2.45) is 0 Å². The third-order valence-electron chi connectivity index (χ3n) is 3.01. The molecule has 0 radical (unpaired) electrons. The van der Waals surface area contributed by atoms with Gasteiger partial charge in [-0.25, -0.2) is 8.42 Å². The summed E-state index contributed by atoms with van der Waals surface area (Å²) in [6.07, 6.45) is 0. The number of nitrogens with zero attached hydrogens (tertiary/aromatic N) is 2. The average molecular weight is 336 g/mol. The fraction of sp³-hybridized carbons (Fsp3) is 0.417. The molecule has 5 nitrogen and oxygen atoms in total. The highest BCUT2D eigenvalue weighted by Crippen LogP contribution is 2.26. The van der Waals surface area contributed by atoms with Gasteiger partial charge in [0, 0.05) is 25.7 Å². The Morgan fingerprint density at radius 2 is 2.20 bits per heavy atom. The number of piperazine rings is 1. The van der Waals surface area contributed by atoms with E-state index in [1.54, 1.807) is 0 Å². The second-order valence-corrected chi connectivity index (χ2v) is 6.79. The van der Waals surface area contributed by atoms with Crippen molar-refractivity contribution in [1.82, 2.24) is 9.62 Å². The first kappa shape index (κ1) is 17.2. The third-order valence-corrected chi connectivity index (χ3v) is 5.36. The summed E-state index contributed by atoms with van der Waals surface area (Å²) in [5, 5.41) is 12.0. The maximum atomic E-state index is 12.5. The van der Waals surface area contributed by atoms with E-state index in [2.05, 4.69) is 5.32 Å². The molecule has 20 heavy (non-hydrogen) atoms. The minimum absolute atomic E-state index is 0. The molecule has 110 valence electrons. The predicted molar refractivity (Wildman–Crippen MR) is 79.6 cm³/mol. The fourth-order valence-electron chi connectivity index (χ4n) is 2.03. The molecule has 0 bridgehead atoms. The molecular weight excluding hydrogens is 321 g/mol. The average Bonchev–Trinajstić information content (AvgIpc) is 2.38. The van der Waals surface area contributed by atoms with E-state index in [1.165, 1.54) is 22.5 Å². The molecule has 1 N–H and O–H groups in total. The molecule has 0 saturated carbocycles. The van der Waals surface area contributed by atoms with Crippen LogP contribution < -0.4 is 5.32 Å². The van der Waals surface area contributed by atoms with Crippen LogP contribution in [0.5, 0.6) is 0 Å². The maximum absolute atomic E-state index is 12.5. The molecule has 1 saturated heterocycles. The molecule has 1 unspecified atom stereocenters. The van der Waals surface area contributed by atoms with Crippen LogP contribution in [0.2, 0.25) is 5.02 Å². The molecule has 1 aliphatic rings. The van der Waals surface area contributed by atoms with Crippen molar-refractivity contribution in [2.45, 2.75) is 17.9 Å². The van der Waals surface area contributed by atoms with Crippen molar-refractivity contribution in [2.75, 3.05) is 19.6 Å². The van der Waals surface area contributed by atoms with Gasteiger partial charge in [0.25, 0.3) is 0 Å². The van der Waals surface area contributed by atoms with E-state index in [0.717, 1.165) is 0 Å². The van der Waals surface area contributed by atoms with Crippen LogP contribution in [0, 0.1) is 11.3 Å². The Hall–Kier alpha value is -0.840.